The zero-order valence-electron chi connectivity index (χ0n) is 17.0. The van der Waals surface area contributed by atoms with Gasteiger partial charge in [0.05, 0.1) is 11.4 Å². The maximum absolute atomic E-state index is 13.6. The Kier molecular flexibility index (Phi) is 4.39. The summed E-state index contributed by atoms with van der Waals surface area (Å²) in [7, 11) is 0. The van der Waals surface area contributed by atoms with Crippen LogP contribution in [-0.4, -0.2) is 24.5 Å². The number of H-pyrrole nitrogens is 2. The number of hydrogen-bond donors (Lipinski definition) is 3. The lowest BCUT2D eigenvalue weighted by Gasteiger charge is -2.21. The summed E-state index contributed by atoms with van der Waals surface area (Å²) in [6.07, 6.45) is 1.38. The Bertz CT molecular complexity index is 1530. The minimum absolute atomic E-state index is 0.0756. The van der Waals surface area contributed by atoms with Crippen molar-refractivity contribution < 1.29 is 0 Å². The highest BCUT2D eigenvalue weighted by Crippen LogP contribution is 2.26. The van der Waals surface area contributed by atoms with E-state index in [4.69, 9.17) is 0 Å². The van der Waals surface area contributed by atoms with Gasteiger partial charge in [-0.3, -0.25) is 14.3 Å². The van der Waals surface area contributed by atoms with Crippen molar-refractivity contribution in [1.82, 2.24) is 24.5 Å². The van der Waals surface area contributed by atoms with Crippen LogP contribution in [-0.2, 0) is 0 Å². The predicted octanol–water partition coefficient (Wildman–Crippen LogP) is 3.43. The number of aryl methyl sites for hydroxylation is 1. The lowest BCUT2D eigenvalue weighted by Crippen LogP contribution is -2.26. The highest BCUT2D eigenvalue weighted by atomic mass is 16.1. The van der Waals surface area contributed by atoms with E-state index in [2.05, 4.69) is 25.3 Å². The summed E-state index contributed by atoms with van der Waals surface area (Å²) in [5.41, 5.74) is 2.97. The van der Waals surface area contributed by atoms with Crippen molar-refractivity contribution in [3.63, 3.8) is 0 Å². The van der Waals surface area contributed by atoms with Gasteiger partial charge < -0.3 is 10.3 Å². The van der Waals surface area contributed by atoms with Crippen molar-refractivity contribution in [2.45, 2.75) is 19.9 Å². The molecule has 0 fully saturated rings. The maximum Gasteiger partial charge on any atom is 0.325 e. The van der Waals surface area contributed by atoms with Crippen molar-refractivity contribution in [3.05, 3.63) is 93.0 Å². The molecule has 0 radical (unpaired) electrons. The maximum atomic E-state index is 13.6. The van der Waals surface area contributed by atoms with Gasteiger partial charge in [-0.1, -0.05) is 36.4 Å². The van der Waals surface area contributed by atoms with E-state index in [-0.39, 0.29) is 17.3 Å². The Balaban J connectivity index is 1.71. The first-order valence-corrected chi connectivity index (χ1v) is 9.93. The molecule has 0 aliphatic rings. The van der Waals surface area contributed by atoms with Crippen LogP contribution in [0, 0.1) is 6.92 Å². The van der Waals surface area contributed by atoms with Crippen molar-refractivity contribution >= 4 is 27.8 Å². The van der Waals surface area contributed by atoms with E-state index in [0.717, 1.165) is 22.3 Å². The van der Waals surface area contributed by atoms with Crippen molar-refractivity contribution in [2.75, 3.05) is 5.32 Å². The zero-order chi connectivity index (χ0) is 21.5. The second-order valence-electron chi connectivity index (χ2n) is 7.48. The summed E-state index contributed by atoms with van der Waals surface area (Å²) in [6, 6.07) is 17.1. The van der Waals surface area contributed by atoms with E-state index >= 15 is 0 Å². The monoisotopic (exact) mass is 412 g/mol. The lowest BCUT2D eigenvalue weighted by molar-refractivity contribution is 0.774. The van der Waals surface area contributed by atoms with Crippen LogP contribution in [0.5, 0.6) is 0 Å². The first kappa shape index (κ1) is 18.8. The van der Waals surface area contributed by atoms with Gasteiger partial charge in [-0.25, -0.2) is 14.8 Å². The molecule has 5 rings (SSSR count). The van der Waals surface area contributed by atoms with Gasteiger partial charge in [-0.15, -0.1) is 0 Å². The van der Waals surface area contributed by atoms with Crippen molar-refractivity contribution in [2.24, 2.45) is 0 Å². The molecule has 0 aliphatic carbocycles. The summed E-state index contributed by atoms with van der Waals surface area (Å²) in [5, 5.41) is 4.90. The number of nitrogens with one attached hydrogen (secondary N) is 3. The molecule has 0 amide bonds. The second kappa shape index (κ2) is 7.24. The van der Waals surface area contributed by atoms with Crippen LogP contribution in [0.1, 0.15) is 24.2 Å². The van der Waals surface area contributed by atoms with Gasteiger partial charge >= 0.3 is 5.69 Å². The SMILES string of the molecule is Cc1cccc2cc([C@H](C)Nc3ncnc4[nH]c(=O)[nH]c34)n(-c3ccccc3)c(=O)c12. The molecule has 0 spiro atoms. The number of aromatic amines is 2. The molecule has 3 heterocycles. The van der Waals surface area contributed by atoms with Gasteiger partial charge in [-0.2, -0.15) is 0 Å². The van der Waals surface area contributed by atoms with Crippen LogP contribution >= 0.6 is 0 Å². The number of nitrogens with zero attached hydrogens (tertiary/aromatic N) is 3. The van der Waals surface area contributed by atoms with Gasteiger partial charge in [0.25, 0.3) is 5.56 Å². The Hall–Kier alpha value is -4.20. The molecule has 1 atom stereocenters. The van der Waals surface area contributed by atoms with E-state index in [0.29, 0.717) is 22.4 Å². The van der Waals surface area contributed by atoms with Gasteiger partial charge in [-0.05, 0) is 43.0 Å². The minimum Gasteiger partial charge on any atom is -0.360 e. The van der Waals surface area contributed by atoms with Gasteiger partial charge in [0.15, 0.2) is 11.5 Å². The van der Waals surface area contributed by atoms with Crippen molar-refractivity contribution in [3.8, 4) is 5.69 Å². The summed E-state index contributed by atoms with van der Waals surface area (Å²) in [4.78, 5) is 39.0. The molecule has 0 saturated heterocycles. The largest absolute Gasteiger partial charge is 0.360 e. The fourth-order valence-corrected chi connectivity index (χ4v) is 3.96. The number of imidazole rings is 1. The zero-order valence-corrected chi connectivity index (χ0v) is 17.0. The molecule has 5 aromatic rings. The Morgan fingerprint density at radius 3 is 2.61 bits per heavy atom. The number of anilines is 1. The van der Waals surface area contributed by atoms with Crippen LogP contribution in [0.3, 0.4) is 0 Å². The third kappa shape index (κ3) is 3.18. The summed E-state index contributed by atoms with van der Waals surface area (Å²) in [6.45, 7) is 3.90. The van der Waals surface area contributed by atoms with Crippen LogP contribution in [0.25, 0.3) is 27.6 Å². The second-order valence-corrected chi connectivity index (χ2v) is 7.48. The number of fused-ring (bicyclic) bond motifs is 2. The number of rotatable bonds is 4. The predicted molar refractivity (Wildman–Crippen MR) is 121 cm³/mol. The summed E-state index contributed by atoms with van der Waals surface area (Å²) in [5.74, 6) is 0.479. The number of benzene rings is 2. The molecule has 0 saturated carbocycles. The quantitative estimate of drug-likeness (QED) is 0.419. The third-order valence-corrected chi connectivity index (χ3v) is 5.41. The topological polar surface area (TPSA) is 108 Å². The standard InChI is InChI=1S/C23H20N6O2/c1-13-7-6-8-15-11-17(29(22(30)18(13)15)16-9-4-3-5-10-16)14(2)26-20-19-21(25-12-24-20)28-23(31)27-19/h3-12,14H,1-2H3,(H3,24,25,26,27,28,31)/t14-/m0/s1. The number of para-hydroxylation sites is 1. The average molecular weight is 412 g/mol. The van der Waals surface area contributed by atoms with E-state index in [1.54, 1.807) is 4.57 Å². The highest BCUT2D eigenvalue weighted by molar-refractivity contribution is 5.86. The third-order valence-electron chi connectivity index (χ3n) is 5.41. The van der Waals surface area contributed by atoms with E-state index in [9.17, 15) is 9.59 Å². The van der Waals surface area contributed by atoms with Crippen LogP contribution in [0.4, 0.5) is 5.82 Å². The minimum atomic E-state index is -0.353. The molecule has 2 aromatic carbocycles. The molecule has 3 N–H and O–H groups in total. The fraction of sp³-hybridized carbons (Fsp3) is 0.130. The fourth-order valence-electron chi connectivity index (χ4n) is 3.96. The van der Waals surface area contributed by atoms with Crippen LogP contribution < -0.4 is 16.6 Å². The lowest BCUT2D eigenvalue weighted by atomic mass is 10.0. The molecule has 0 bridgehead atoms. The molecule has 31 heavy (non-hydrogen) atoms. The first-order chi connectivity index (χ1) is 15.0. The smallest absolute Gasteiger partial charge is 0.325 e. The molecular formula is C23H20N6O2. The summed E-state index contributed by atoms with van der Waals surface area (Å²) >= 11 is 0. The van der Waals surface area contributed by atoms with E-state index in [1.807, 2.05) is 68.4 Å². The molecule has 154 valence electrons. The number of hydrogen-bond acceptors (Lipinski definition) is 5. The highest BCUT2D eigenvalue weighted by Gasteiger charge is 2.19. The Labute approximate surface area is 176 Å². The normalized spacial score (nSPS) is 12.3. The van der Waals surface area contributed by atoms with Crippen molar-refractivity contribution in [1.29, 1.82) is 0 Å². The van der Waals surface area contributed by atoms with E-state index in [1.165, 1.54) is 6.33 Å². The van der Waals surface area contributed by atoms with Gasteiger partial charge in [0.1, 0.15) is 11.8 Å². The molecule has 8 heteroatoms. The average Bonchev–Trinajstić information content (AvgIpc) is 3.15. The molecule has 0 aliphatic heterocycles. The molecular weight excluding hydrogens is 392 g/mol. The molecule has 8 nitrogen and oxygen atoms in total. The molecule has 0 unspecified atom stereocenters. The number of pyridine rings is 1. The summed E-state index contributed by atoms with van der Waals surface area (Å²) < 4.78 is 1.73. The van der Waals surface area contributed by atoms with Gasteiger partial charge in [0, 0.05) is 11.4 Å². The Morgan fingerprint density at radius 1 is 1.00 bits per heavy atom. The van der Waals surface area contributed by atoms with Crippen LogP contribution in [0.2, 0.25) is 0 Å². The first-order valence-electron chi connectivity index (χ1n) is 9.93. The molecule has 3 aromatic heterocycles. The number of aromatic nitrogens is 5. The Morgan fingerprint density at radius 2 is 1.81 bits per heavy atom. The van der Waals surface area contributed by atoms with E-state index < -0.39 is 0 Å². The van der Waals surface area contributed by atoms with Gasteiger partial charge in [0.2, 0.25) is 0 Å². The van der Waals surface area contributed by atoms with Crippen LogP contribution in [0.15, 0.2) is 70.5 Å².